The Morgan fingerprint density at radius 3 is 2.32 bits per heavy atom. The predicted molar refractivity (Wildman–Crippen MR) is 74.4 cm³/mol. The highest BCUT2D eigenvalue weighted by molar-refractivity contribution is 5.08. The molecule has 2 atom stereocenters. The molecule has 2 fully saturated rings. The quantitative estimate of drug-likeness (QED) is 0.834. The van der Waals surface area contributed by atoms with Gasteiger partial charge < -0.3 is 9.84 Å². The molecule has 3 nitrogen and oxygen atoms in total. The molecular formula is C16H27NO2. The summed E-state index contributed by atoms with van der Waals surface area (Å²) in [5.41, 5.74) is -0.219. The van der Waals surface area contributed by atoms with Crippen molar-refractivity contribution in [3.05, 3.63) is 0 Å². The Balaban J connectivity index is 2.03. The van der Waals surface area contributed by atoms with Gasteiger partial charge in [0.1, 0.15) is 0 Å². The van der Waals surface area contributed by atoms with Crippen molar-refractivity contribution in [2.24, 2.45) is 22.7 Å². The van der Waals surface area contributed by atoms with Crippen LogP contribution in [0.3, 0.4) is 0 Å². The van der Waals surface area contributed by atoms with Gasteiger partial charge >= 0.3 is 0 Å². The molecule has 0 spiro atoms. The molecule has 108 valence electrons. The summed E-state index contributed by atoms with van der Waals surface area (Å²) in [5, 5.41) is 20.2. The molecule has 1 aliphatic heterocycles. The van der Waals surface area contributed by atoms with E-state index in [4.69, 9.17) is 4.74 Å². The monoisotopic (exact) mass is 265 g/mol. The molecule has 1 heterocycles. The molecule has 1 saturated carbocycles. The van der Waals surface area contributed by atoms with E-state index in [2.05, 4.69) is 26.8 Å². The van der Waals surface area contributed by atoms with Gasteiger partial charge in [0, 0.05) is 12.5 Å². The summed E-state index contributed by atoms with van der Waals surface area (Å²) < 4.78 is 5.36. The maximum atomic E-state index is 10.6. The van der Waals surface area contributed by atoms with Crippen LogP contribution in [0, 0.1) is 34.0 Å². The van der Waals surface area contributed by atoms with E-state index in [0.717, 1.165) is 38.7 Å². The summed E-state index contributed by atoms with van der Waals surface area (Å²) >= 11 is 0. The van der Waals surface area contributed by atoms with Gasteiger partial charge in [-0.2, -0.15) is 5.26 Å². The molecule has 2 rings (SSSR count). The first kappa shape index (κ1) is 14.8. The minimum atomic E-state index is -0.528. The maximum absolute atomic E-state index is 10.6. The molecule has 0 amide bonds. The lowest BCUT2D eigenvalue weighted by Gasteiger charge is -2.43. The summed E-state index contributed by atoms with van der Waals surface area (Å²) in [5.74, 6) is 0.826. The van der Waals surface area contributed by atoms with Gasteiger partial charge in [0.25, 0.3) is 0 Å². The number of nitriles is 1. The number of ether oxygens (including phenoxy) is 1. The Bertz CT molecular complexity index is 339. The van der Waals surface area contributed by atoms with Gasteiger partial charge in [-0.05, 0) is 43.4 Å². The van der Waals surface area contributed by atoms with Crippen LogP contribution >= 0.6 is 0 Å². The lowest BCUT2D eigenvalue weighted by Crippen LogP contribution is -2.43. The summed E-state index contributed by atoms with van der Waals surface area (Å²) in [6, 6.07) is 2.46. The lowest BCUT2D eigenvalue weighted by molar-refractivity contribution is -0.0273. The molecule has 1 N–H and O–H groups in total. The van der Waals surface area contributed by atoms with Crippen LogP contribution in [-0.4, -0.2) is 24.4 Å². The normalized spacial score (nSPS) is 37.8. The molecule has 2 aliphatic rings. The minimum absolute atomic E-state index is 0.158. The topological polar surface area (TPSA) is 53.2 Å². The SMILES string of the molecule is CC(C)(C)C1CCC(C#N)(C(O)C2CCOC2)CC1. The largest absolute Gasteiger partial charge is 0.391 e. The highest BCUT2D eigenvalue weighted by Gasteiger charge is 2.47. The van der Waals surface area contributed by atoms with Crippen LogP contribution in [0.5, 0.6) is 0 Å². The van der Waals surface area contributed by atoms with E-state index in [1.807, 2.05) is 0 Å². The van der Waals surface area contributed by atoms with Crippen LogP contribution in [0.25, 0.3) is 0 Å². The molecule has 1 aliphatic carbocycles. The zero-order valence-corrected chi connectivity index (χ0v) is 12.5. The third kappa shape index (κ3) is 2.95. The second-order valence-corrected chi connectivity index (χ2v) is 7.48. The molecule has 0 aromatic carbocycles. The van der Waals surface area contributed by atoms with Crippen molar-refractivity contribution in [2.75, 3.05) is 13.2 Å². The Morgan fingerprint density at radius 1 is 1.26 bits per heavy atom. The van der Waals surface area contributed by atoms with Crippen molar-refractivity contribution in [3.63, 3.8) is 0 Å². The van der Waals surface area contributed by atoms with Gasteiger partial charge in [-0.1, -0.05) is 20.8 Å². The summed E-state index contributed by atoms with van der Waals surface area (Å²) in [7, 11) is 0. The number of hydrogen-bond donors (Lipinski definition) is 1. The molecule has 0 aromatic rings. The summed E-state index contributed by atoms with van der Waals surface area (Å²) in [4.78, 5) is 0. The smallest absolute Gasteiger partial charge is 0.0836 e. The van der Waals surface area contributed by atoms with Crippen molar-refractivity contribution in [1.82, 2.24) is 0 Å². The van der Waals surface area contributed by atoms with Crippen LogP contribution in [0.4, 0.5) is 0 Å². The van der Waals surface area contributed by atoms with Gasteiger partial charge in [-0.15, -0.1) is 0 Å². The van der Waals surface area contributed by atoms with E-state index in [9.17, 15) is 10.4 Å². The number of rotatable bonds is 2. The van der Waals surface area contributed by atoms with Crippen molar-refractivity contribution < 1.29 is 9.84 Å². The van der Waals surface area contributed by atoms with Gasteiger partial charge in [-0.25, -0.2) is 0 Å². The Labute approximate surface area is 117 Å². The van der Waals surface area contributed by atoms with Crippen molar-refractivity contribution in [2.45, 2.75) is 59.0 Å². The van der Waals surface area contributed by atoms with Crippen LogP contribution in [0.2, 0.25) is 0 Å². The highest BCUT2D eigenvalue weighted by Crippen LogP contribution is 2.48. The number of nitrogens with zero attached hydrogens (tertiary/aromatic N) is 1. The molecule has 0 radical (unpaired) electrons. The number of hydrogen-bond acceptors (Lipinski definition) is 3. The van der Waals surface area contributed by atoms with E-state index in [0.29, 0.717) is 17.9 Å². The van der Waals surface area contributed by atoms with Crippen LogP contribution in [0.15, 0.2) is 0 Å². The second-order valence-electron chi connectivity index (χ2n) is 7.48. The molecule has 2 unspecified atom stereocenters. The van der Waals surface area contributed by atoms with Crippen LogP contribution in [-0.2, 0) is 4.74 Å². The zero-order chi connectivity index (χ0) is 14.1. The van der Waals surface area contributed by atoms with Gasteiger partial charge in [0.15, 0.2) is 0 Å². The maximum Gasteiger partial charge on any atom is 0.0836 e. The van der Waals surface area contributed by atoms with Crippen LogP contribution in [0.1, 0.15) is 52.9 Å². The van der Waals surface area contributed by atoms with E-state index >= 15 is 0 Å². The molecule has 3 heteroatoms. The fraction of sp³-hybridized carbons (Fsp3) is 0.938. The first-order chi connectivity index (χ1) is 8.89. The average molecular weight is 265 g/mol. The van der Waals surface area contributed by atoms with Crippen molar-refractivity contribution in [3.8, 4) is 6.07 Å². The van der Waals surface area contributed by atoms with Crippen molar-refractivity contribution >= 4 is 0 Å². The predicted octanol–water partition coefficient (Wildman–Crippen LogP) is 3.13. The standard InChI is InChI=1S/C16H27NO2/c1-15(2,3)13-4-7-16(11-17,8-5-13)14(18)12-6-9-19-10-12/h12-14,18H,4-10H2,1-3H3. The summed E-state index contributed by atoms with van der Waals surface area (Å²) in [6.07, 6.45) is 4.17. The van der Waals surface area contributed by atoms with Gasteiger partial charge in [0.2, 0.25) is 0 Å². The van der Waals surface area contributed by atoms with Gasteiger partial charge in [-0.3, -0.25) is 0 Å². The number of aliphatic hydroxyl groups is 1. The molecule has 1 saturated heterocycles. The average Bonchev–Trinajstić information content (AvgIpc) is 2.90. The lowest BCUT2D eigenvalue weighted by atomic mass is 9.61. The Kier molecular flexibility index (Phi) is 4.23. The molecular weight excluding hydrogens is 238 g/mol. The van der Waals surface area contributed by atoms with Crippen molar-refractivity contribution in [1.29, 1.82) is 5.26 Å². The third-order valence-electron chi connectivity index (χ3n) is 5.30. The zero-order valence-electron chi connectivity index (χ0n) is 12.5. The van der Waals surface area contributed by atoms with E-state index in [-0.39, 0.29) is 5.92 Å². The highest BCUT2D eigenvalue weighted by atomic mass is 16.5. The minimum Gasteiger partial charge on any atom is -0.391 e. The Hall–Kier alpha value is -0.590. The number of aliphatic hydroxyl groups excluding tert-OH is 1. The summed E-state index contributed by atoms with van der Waals surface area (Å²) in [6.45, 7) is 8.18. The van der Waals surface area contributed by atoms with Gasteiger partial charge in [0.05, 0.1) is 24.2 Å². The molecule has 0 bridgehead atoms. The fourth-order valence-corrected chi connectivity index (χ4v) is 3.73. The fourth-order valence-electron chi connectivity index (χ4n) is 3.73. The first-order valence-electron chi connectivity index (χ1n) is 7.56. The van der Waals surface area contributed by atoms with E-state index < -0.39 is 11.5 Å². The molecule has 0 aromatic heterocycles. The van der Waals surface area contributed by atoms with E-state index in [1.165, 1.54) is 0 Å². The molecule has 19 heavy (non-hydrogen) atoms. The van der Waals surface area contributed by atoms with E-state index in [1.54, 1.807) is 0 Å². The van der Waals surface area contributed by atoms with Crippen LogP contribution < -0.4 is 0 Å². The Morgan fingerprint density at radius 2 is 1.89 bits per heavy atom. The second kappa shape index (κ2) is 5.42. The third-order valence-corrected chi connectivity index (χ3v) is 5.30. The first-order valence-corrected chi connectivity index (χ1v) is 7.56.